The predicted molar refractivity (Wildman–Crippen MR) is 69.7 cm³/mol. The Morgan fingerprint density at radius 2 is 2.15 bits per heavy atom. The van der Waals surface area contributed by atoms with E-state index in [0.717, 1.165) is 11.0 Å². The number of anilines is 1. The topological polar surface area (TPSA) is 66.5 Å². The van der Waals surface area contributed by atoms with Crippen LogP contribution in [0.15, 0.2) is 12.1 Å². The first-order valence-electron chi connectivity index (χ1n) is 5.82. The van der Waals surface area contributed by atoms with Crippen molar-refractivity contribution in [3.05, 3.63) is 29.1 Å². The molecular formula is C14H11FN2O3. The van der Waals surface area contributed by atoms with Crippen molar-refractivity contribution in [2.24, 2.45) is 0 Å². The third-order valence-electron chi connectivity index (χ3n) is 2.91. The van der Waals surface area contributed by atoms with Gasteiger partial charge in [-0.1, -0.05) is 5.92 Å². The van der Waals surface area contributed by atoms with Crippen molar-refractivity contribution < 1.29 is 18.8 Å². The van der Waals surface area contributed by atoms with Crippen molar-refractivity contribution >= 4 is 23.3 Å². The zero-order chi connectivity index (χ0) is 14.9. The van der Waals surface area contributed by atoms with Crippen LogP contribution in [-0.2, 0) is 9.59 Å². The predicted octanol–water partition coefficient (Wildman–Crippen LogP) is 0.413. The first-order valence-corrected chi connectivity index (χ1v) is 5.82. The molecule has 0 aliphatic carbocycles. The van der Waals surface area contributed by atoms with Crippen LogP contribution >= 0.6 is 0 Å². The average molecular weight is 274 g/mol. The van der Waals surface area contributed by atoms with E-state index in [9.17, 15) is 18.8 Å². The largest absolute Gasteiger partial charge is 0.344 e. The molecule has 0 saturated heterocycles. The minimum atomic E-state index is -0.843. The van der Waals surface area contributed by atoms with Crippen molar-refractivity contribution in [3.63, 3.8) is 0 Å². The molecule has 1 aromatic carbocycles. The molecule has 1 aliphatic rings. The third kappa shape index (κ3) is 2.26. The van der Waals surface area contributed by atoms with Gasteiger partial charge in [-0.15, -0.1) is 6.42 Å². The number of hydrogen-bond acceptors (Lipinski definition) is 3. The lowest BCUT2D eigenvalue weighted by atomic mass is 10.1. The maximum Gasteiger partial charge on any atom is 0.299 e. The number of hydrogen-bond donors (Lipinski definition) is 1. The Kier molecular flexibility index (Phi) is 3.53. The summed E-state index contributed by atoms with van der Waals surface area (Å²) in [5.41, 5.74) is 0.679. The van der Waals surface area contributed by atoms with Gasteiger partial charge in [0.05, 0.1) is 17.8 Å². The maximum absolute atomic E-state index is 13.3. The van der Waals surface area contributed by atoms with Gasteiger partial charge in [0.2, 0.25) is 5.91 Å². The molecule has 1 N–H and O–H groups in total. The summed E-state index contributed by atoms with van der Waals surface area (Å²) >= 11 is 0. The molecule has 0 aromatic heterocycles. The molecule has 1 aliphatic heterocycles. The van der Waals surface area contributed by atoms with Gasteiger partial charge >= 0.3 is 0 Å². The molecule has 0 spiro atoms. The lowest BCUT2D eigenvalue weighted by molar-refractivity contribution is -0.121. The number of amides is 2. The first kappa shape index (κ1) is 13.7. The summed E-state index contributed by atoms with van der Waals surface area (Å²) in [4.78, 5) is 36.3. The van der Waals surface area contributed by atoms with E-state index in [1.54, 1.807) is 6.92 Å². The number of ketones is 1. The van der Waals surface area contributed by atoms with Crippen molar-refractivity contribution in [1.82, 2.24) is 5.32 Å². The molecule has 1 aromatic rings. The Bertz CT molecular complexity index is 661. The van der Waals surface area contributed by atoms with E-state index < -0.39 is 23.4 Å². The molecule has 0 unspecified atom stereocenters. The summed E-state index contributed by atoms with van der Waals surface area (Å²) in [5, 5.41) is 2.40. The van der Waals surface area contributed by atoms with Crippen LogP contribution in [0, 0.1) is 25.1 Å². The monoisotopic (exact) mass is 274 g/mol. The number of rotatable bonds is 3. The van der Waals surface area contributed by atoms with E-state index in [1.807, 2.05) is 0 Å². The number of halogens is 1. The van der Waals surface area contributed by atoms with E-state index in [1.165, 1.54) is 6.07 Å². The van der Waals surface area contributed by atoms with E-state index in [2.05, 4.69) is 11.2 Å². The molecule has 0 fully saturated rings. The summed E-state index contributed by atoms with van der Waals surface area (Å²) in [7, 11) is 0. The number of carbonyl (C=O) groups excluding carboxylic acids is 3. The average Bonchev–Trinajstić information content (AvgIpc) is 2.62. The van der Waals surface area contributed by atoms with Gasteiger partial charge in [0, 0.05) is 0 Å². The van der Waals surface area contributed by atoms with Gasteiger partial charge in [0.25, 0.3) is 11.7 Å². The zero-order valence-corrected chi connectivity index (χ0v) is 10.7. The Morgan fingerprint density at radius 3 is 2.80 bits per heavy atom. The summed E-state index contributed by atoms with van der Waals surface area (Å²) in [6.07, 6.45) is 5.01. The van der Waals surface area contributed by atoms with Crippen molar-refractivity contribution in [2.75, 3.05) is 18.0 Å². The molecular weight excluding hydrogens is 263 g/mol. The summed E-state index contributed by atoms with van der Waals surface area (Å²) in [5.74, 6) is -0.508. The maximum atomic E-state index is 13.3. The second-order valence-electron chi connectivity index (χ2n) is 4.32. The second-order valence-corrected chi connectivity index (χ2v) is 4.32. The van der Waals surface area contributed by atoms with Gasteiger partial charge in [-0.3, -0.25) is 19.3 Å². The molecule has 5 nitrogen and oxygen atoms in total. The van der Waals surface area contributed by atoms with Crippen molar-refractivity contribution in [2.45, 2.75) is 6.92 Å². The molecule has 6 heteroatoms. The van der Waals surface area contributed by atoms with Gasteiger partial charge in [0.15, 0.2) is 0 Å². The van der Waals surface area contributed by atoms with Crippen LogP contribution in [0.5, 0.6) is 0 Å². The Hall–Kier alpha value is -2.68. The van der Waals surface area contributed by atoms with E-state index in [0.29, 0.717) is 5.56 Å². The minimum absolute atomic E-state index is 0.0164. The quantitative estimate of drug-likeness (QED) is 0.641. The van der Waals surface area contributed by atoms with Crippen LogP contribution < -0.4 is 10.2 Å². The second kappa shape index (κ2) is 5.13. The van der Waals surface area contributed by atoms with Gasteiger partial charge in [0.1, 0.15) is 12.4 Å². The SMILES string of the molecule is C#CCNC(=O)CN1C(=O)C(=O)c2cc(F)cc(C)c21. The smallest absolute Gasteiger partial charge is 0.299 e. The molecule has 0 bridgehead atoms. The number of carbonyl (C=O) groups is 3. The fraction of sp³-hybridized carbons (Fsp3) is 0.214. The van der Waals surface area contributed by atoms with Crippen LogP contribution in [0.3, 0.4) is 0 Å². The molecule has 2 rings (SSSR count). The summed E-state index contributed by atoms with van der Waals surface area (Å²) in [6, 6.07) is 2.21. The lowest BCUT2D eigenvalue weighted by Crippen LogP contribution is -2.40. The highest BCUT2D eigenvalue weighted by atomic mass is 19.1. The van der Waals surface area contributed by atoms with E-state index in [4.69, 9.17) is 6.42 Å². The van der Waals surface area contributed by atoms with E-state index in [-0.39, 0.29) is 24.3 Å². The Morgan fingerprint density at radius 1 is 1.45 bits per heavy atom. The molecule has 0 saturated carbocycles. The van der Waals surface area contributed by atoms with Gasteiger partial charge < -0.3 is 5.32 Å². The molecule has 20 heavy (non-hydrogen) atoms. The fourth-order valence-electron chi connectivity index (χ4n) is 2.11. The Labute approximate surface area is 114 Å². The number of terminal acetylenes is 1. The molecule has 1 heterocycles. The fourth-order valence-corrected chi connectivity index (χ4v) is 2.11. The standard InChI is InChI=1S/C14H11FN2O3/c1-3-4-16-11(18)7-17-12-8(2)5-9(15)6-10(12)13(19)14(17)20/h1,5-6H,4,7H2,2H3,(H,16,18). The highest BCUT2D eigenvalue weighted by Crippen LogP contribution is 2.32. The third-order valence-corrected chi connectivity index (χ3v) is 2.91. The number of nitrogens with zero attached hydrogens (tertiary/aromatic N) is 1. The number of Topliss-reactive ketones (excluding diaryl/α,β-unsaturated/α-hetero) is 1. The summed E-state index contributed by atoms with van der Waals surface area (Å²) < 4.78 is 13.3. The molecule has 102 valence electrons. The lowest BCUT2D eigenvalue weighted by Gasteiger charge is -2.17. The number of nitrogens with one attached hydrogen (secondary N) is 1. The van der Waals surface area contributed by atoms with Crippen LogP contribution in [0.2, 0.25) is 0 Å². The number of aryl methyl sites for hydroxylation is 1. The highest BCUT2D eigenvalue weighted by molar-refractivity contribution is 6.52. The minimum Gasteiger partial charge on any atom is -0.344 e. The zero-order valence-electron chi connectivity index (χ0n) is 10.7. The van der Waals surface area contributed by atoms with Gasteiger partial charge in [-0.2, -0.15) is 0 Å². The van der Waals surface area contributed by atoms with Crippen LogP contribution in [0.25, 0.3) is 0 Å². The molecule has 0 atom stereocenters. The Balaban J connectivity index is 2.34. The van der Waals surface area contributed by atoms with Gasteiger partial charge in [-0.05, 0) is 24.6 Å². The first-order chi connectivity index (χ1) is 9.45. The van der Waals surface area contributed by atoms with Crippen molar-refractivity contribution in [1.29, 1.82) is 0 Å². The van der Waals surface area contributed by atoms with Crippen LogP contribution in [0.4, 0.5) is 10.1 Å². The van der Waals surface area contributed by atoms with Crippen LogP contribution in [-0.4, -0.2) is 30.7 Å². The number of fused-ring (bicyclic) bond motifs is 1. The van der Waals surface area contributed by atoms with Gasteiger partial charge in [-0.25, -0.2) is 4.39 Å². The van der Waals surface area contributed by atoms with E-state index >= 15 is 0 Å². The number of benzene rings is 1. The normalized spacial score (nSPS) is 13.2. The summed E-state index contributed by atoms with van der Waals surface area (Å²) in [6.45, 7) is 1.27. The van der Waals surface area contributed by atoms with Crippen LogP contribution in [0.1, 0.15) is 15.9 Å². The molecule has 2 amide bonds. The highest BCUT2D eigenvalue weighted by Gasteiger charge is 2.38. The molecule has 0 radical (unpaired) electrons. The van der Waals surface area contributed by atoms with Crippen molar-refractivity contribution in [3.8, 4) is 12.3 Å².